The van der Waals surface area contributed by atoms with Crippen LogP contribution in [0.25, 0.3) is 21.5 Å². The highest BCUT2D eigenvalue weighted by Gasteiger charge is 2.18. The minimum atomic E-state index is -0.391. The molecule has 0 aliphatic carbocycles. The number of hydrogen-bond donors (Lipinski definition) is 1. The monoisotopic (exact) mass is 427 g/mol. The molecule has 4 aromatic rings. The van der Waals surface area contributed by atoms with Crippen LogP contribution in [0, 0.1) is 0 Å². The number of aromatic nitrogens is 2. The number of carbonyl (C=O) groups is 1. The molecule has 3 heterocycles. The second-order valence-corrected chi connectivity index (χ2v) is 7.96. The first kappa shape index (κ1) is 19.4. The molecule has 0 saturated carbocycles. The van der Waals surface area contributed by atoms with Crippen molar-refractivity contribution in [1.82, 2.24) is 9.55 Å². The van der Waals surface area contributed by atoms with Gasteiger partial charge in [0, 0.05) is 35.4 Å². The summed E-state index contributed by atoms with van der Waals surface area (Å²) in [5.74, 6) is 0.879. The van der Waals surface area contributed by atoms with Gasteiger partial charge in [0.25, 0.3) is 5.56 Å². The third-order valence-electron chi connectivity index (χ3n) is 4.64. The summed E-state index contributed by atoms with van der Waals surface area (Å²) in [7, 11) is 0. The number of rotatable bonds is 7. The molecule has 0 spiro atoms. The Hall–Kier alpha value is -2.90. The van der Waals surface area contributed by atoms with Crippen molar-refractivity contribution in [2.24, 2.45) is 5.73 Å². The molecule has 6 nitrogen and oxygen atoms in total. The molecule has 8 heteroatoms. The largest absolute Gasteiger partial charge is 0.464 e. The summed E-state index contributed by atoms with van der Waals surface area (Å²) in [6.07, 6.45) is 2.73. The molecule has 0 atom stereocenters. The van der Waals surface area contributed by atoms with Gasteiger partial charge in [0.05, 0.1) is 11.6 Å². The molecule has 0 saturated heterocycles. The van der Waals surface area contributed by atoms with Gasteiger partial charge in [0.1, 0.15) is 16.4 Å². The fourth-order valence-corrected chi connectivity index (χ4v) is 4.30. The van der Waals surface area contributed by atoms with E-state index in [9.17, 15) is 9.59 Å². The van der Waals surface area contributed by atoms with Crippen molar-refractivity contribution in [3.8, 4) is 11.3 Å². The molecule has 2 N–H and O–H groups in total. The van der Waals surface area contributed by atoms with Gasteiger partial charge in [-0.2, -0.15) is 0 Å². The fraction of sp³-hybridized carbons (Fsp3) is 0.190. The Kier molecular flexibility index (Phi) is 5.51. The molecule has 1 aromatic carbocycles. The Labute approximate surface area is 175 Å². The molecule has 3 aromatic heterocycles. The standard InChI is InChI=1S/C21H18ClN3O3S/c22-14-7-5-13(6-8-14)11-18-24-20-19(15(12-29-20)16-3-2-10-28-16)21(27)25(18)9-1-4-17(23)26/h2-3,5-8,10,12H,1,4,9,11H2,(H2,23,26). The first-order valence-corrected chi connectivity index (χ1v) is 10.4. The number of furan rings is 1. The van der Waals surface area contributed by atoms with Crippen molar-refractivity contribution >= 4 is 39.1 Å². The van der Waals surface area contributed by atoms with Crippen LogP contribution < -0.4 is 11.3 Å². The van der Waals surface area contributed by atoms with E-state index in [1.165, 1.54) is 11.3 Å². The van der Waals surface area contributed by atoms with Crippen LogP contribution in [-0.2, 0) is 17.8 Å². The van der Waals surface area contributed by atoms with E-state index in [0.717, 1.165) is 11.1 Å². The van der Waals surface area contributed by atoms with Gasteiger partial charge in [-0.3, -0.25) is 14.2 Å². The van der Waals surface area contributed by atoms with Crippen molar-refractivity contribution in [3.63, 3.8) is 0 Å². The summed E-state index contributed by atoms with van der Waals surface area (Å²) in [5.41, 5.74) is 6.85. The molecule has 148 valence electrons. The lowest BCUT2D eigenvalue weighted by molar-refractivity contribution is -0.118. The van der Waals surface area contributed by atoms with Crippen LogP contribution in [0.1, 0.15) is 24.2 Å². The quantitative estimate of drug-likeness (QED) is 0.477. The highest BCUT2D eigenvalue weighted by Crippen LogP contribution is 2.31. The number of nitrogens with two attached hydrogens (primary N) is 1. The van der Waals surface area contributed by atoms with Crippen LogP contribution in [0.15, 0.2) is 57.3 Å². The van der Waals surface area contributed by atoms with Gasteiger partial charge >= 0.3 is 0 Å². The van der Waals surface area contributed by atoms with Gasteiger partial charge in [-0.05, 0) is 36.2 Å². The molecule has 29 heavy (non-hydrogen) atoms. The van der Waals surface area contributed by atoms with Crippen molar-refractivity contribution in [2.45, 2.75) is 25.8 Å². The Morgan fingerprint density at radius 3 is 2.72 bits per heavy atom. The van der Waals surface area contributed by atoms with Crippen LogP contribution in [0.3, 0.4) is 0 Å². The third-order valence-corrected chi connectivity index (χ3v) is 5.76. The number of carbonyl (C=O) groups excluding carboxylic acids is 1. The summed E-state index contributed by atoms with van der Waals surface area (Å²) in [6.45, 7) is 0.362. The zero-order chi connectivity index (χ0) is 20.4. The minimum absolute atomic E-state index is 0.143. The highest BCUT2D eigenvalue weighted by atomic mass is 35.5. The first-order valence-electron chi connectivity index (χ1n) is 9.10. The zero-order valence-corrected chi connectivity index (χ0v) is 17.0. The molecule has 4 rings (SSSR count). The summed E-state index contributed by atoms with van der Waals surface area (Å²) in [5, 5.41) is 3.07. The second-order valence-electron chi connectivity index (χ2n) is 6.66. The third kappa shape index (κ3) is 4.11. The number of fused-ring (bicyclic) bond motifs is 1. The molecular formula is C21H18ClN3O3S. The van der Waals surface area contributed by atoms with Crippen molar-refractivity contribution < 1.29 is 9.21 Å². The Morgan fingerprint density at radius 1 is 1.24 bits per heavy atom. The summed E-state index contributed by atoms with van der Waals surface area (Å²) >= 11 is 7.39. The van der Waals surface area contributed by atoms with Crippen LogP contribution in [0.5, 0.6) is 0 Å². The molecule has 0 bridgehead atoms. The van der Waals surface area contributed by atoms with E-state index < -0.39 is 5.91 Å². The SMILES string of the molecule is NC(=O)CCCn1c(Cc2ccc(Cl)cc2)nc2scc(-c3ccco3)c2c1=O. The Balaban J connectivity index is 1.81. The highest BCUT2D eigenvalue weighted by molar-refractivity contribution is 7.17. The lowest BCUT2D eigenvalue weighted by Crippen LogP contribution is -2.26. The molecule has 0 aliphatic heterocycles. The van der Waals surface area contributed by atoms with Crippen LogP contribution in [-0.4, -0.2) is 15.5 Å². The van der Waals surface area contributed by atoms with E-state index >= 15 is 0 Å². The molecule has 0 unspecified atom stereocenters. The number of primary amides is 1. The lowest BCUT2D eigenvalue weighted by Gasteiger charge is -2.13. The number of halogens is 1. The van der Waals surface area contributed by atoms with Gasteiger partial charge < -0.3 is 10.2 Å². The molecule has 0 aliphatic rings. The van der Waals surface area contributed by atoms with Crippen LogP contribution >= 0.6 is 22.9 Å². The van der Waals surface area contributed by atoms with Crippen molar-refractivity contribution in [1.29, 1.82) is 0 Å². The summed E-state index contributed by atoms with van der Waals surface area (Å²) in [4.78, 5) is 30.0. The minimum Gasteiger partial charge on any atom is -0.464 e. The molecule has 1 amide bonds. The van der Waals surface area contributed by atoms with Gasteiger partial charge in [-0.1, -0.05) is 23.7 Å². The topological polar surface area (TPSA) is 91.1 Å². The normalized spacial score (nSPS) is 11.2. The molecular weight excluding hydrogens is 410 g/mol. The van der Waals surface area contributed by atoms with Crippen LogP contribution in [0.4, 0.5) is 0 Å². The number of amides is 1. The van der Waals surface area contributed by atoms with Gasteiger partial charge in [-0.15, -0.1) is 11.3 Å². The number of benzene rings is 1. The predicted octanol–water partition coefficient (Wildman–Crippen LogP) is 4.23. The first-order chi connectivity index (χ1) is 14.0. The van der Waals surface area contributed by atoms with E-state index in [1.54, 1.807) is 16.9 Å². The van der Waals surface area contributed by atoms with Crippen molar-refractivity contribution in [2.75, 3.05) is 0 Å². The zero-order valence-electron chi connectivity index (χ0n) is 15.4. The molecule has 0 fully saturated rings. The average Bonchev–Trinajstić information content (AvgIpc) is 3.35. The number of nitrogens with zero attached hydrogens (tertiary/aromatic N) is 2. The maximum absolute atomic E-state index is 13.4. The number of hydrogen-bond acceptors (Lipinski definition) is 5. The maximum atomic E-state index is 13.4. The maximum Gasteiger partial charge on any atom is 0.263 e. The van der Waals surface area contributed by atoms with Gasteiger partial charge in [-0.25, -0.2) is 4.98 Å². The smallest absolute Gasteiger partial charge is 0.263 e. The molecule has 0 radical (unpaired) electrons. The second kappa shape index (κ2) is 8.23. The lowest BCUT2D eigenvalue weighted by atomic mass is 10.1. The Bertz CT molecular complexity index is 1210. The summed E-state index contributed by atoms with van der Waals surface area (Å²) < 4.78 is 7.13. The van der Waals surface area contributed by atoms with E-state index in [-0.39, 0.29) is 12.0 Å². The average molecular weight is 428 g/mol. The predicted molar refractivity (Wildman–Crippen MR) is 114 cm³/mol. The van der Waals surface area contributed by atoms with Gasteiger partial charge in [0.2, 0.25) is 5.91 Å². The van der Waals surface area contributed by atoms with E-state index in [2.05, 4.69) is 0 Å². The number of thiophene rings is 1. The van der Waals surface area contributed by atoms with Gasteiger partial charge in [0.15, 0.2) is 0 Å². The van der Waals surface area contributed by atoms with E-state index in [4.69, 9.17) is 26.7 Å². The fourth-order valence-electron chi connectivity index (χ4n) is 3.24. The van der Waals surface area contributed by atoms with Crippen LogP contribution in [0.2, 0.25) is 5.02 Å². The Morgan fingerprint density at radius 2 is 2.03 bits per heavy atom. The van der Waals surface area contributed by atoms with E-state index in [0.29, 0.717) is 46.2 Å². The summed E-state index contributed by atoms with van der Waals surface area (Å²) in [6, 6.07) is 11.0. The van der Waals surface area contributed by atoms with Crippen molar-refractivity contribution in [3.05, 3.63) is 74.8 Å². The van der Waals surface area contributed by atoms with E-state index in [1.807, 2.05) is 35.7 Å².